The Morgan fingerprint density at radius 1 is 0.242 bits per heavy atom. The first-order valence-corrected chi connectivity index (χ1v) is 21.1. The Bertz CT molecular complexity index is 3690. The number of aromatic nitrogens is 3. The molecule has 10 aromatic carbocycles. The standard InChI is InChI=1S/C59H37N3/c1-2-14-38(15-3-1)40-28-31-41(32-29-40)59-61-55-27-11-9-25-51(55)57(62-59)46-21-13-19-44(36-46)43-18-12-20-45(34-43)52-37-53-56(49-23-7-6-22-48(49)52)50-24-8-10-26-54(50)60-58(53)47-33-30-39-16-4-5-17-42(39)35-47/h1-37H. The summed E-state index contributed by atoms with van der Waals surface area (Å²) in [6.07, 6.45) is 0. The van der Waals surface area contributed by atoms with E-state index in [0.29, 0.717) is 5.82 Å². The van der Waals surface area contributed by atoms with Crippen LogP contribution in [0.25, 0.3) is 121 Å². The van der Waals surface area contributed by atoms with E-state index in [4.69, 9.17) is 15.0 Å². The molecule has 0 radical (unpaired) electrons. The number of fused-ring (bicyclic) bond motifs is 7. The number of para-hydroxylation sites is 2. The Morgan fingerprint density at radius 2 is 0.758 bits per heavy atom. The lowest BCUT2D eigenvalue weighted by Crippen LogP contribution is -1.95. The number of hydrogen-bond acceptors (Lipinski definition) is 3. The van der Waals surface area contributed by atoms with E-state index >= 15 is 0 Å². The second kappa shape index (κ2) is 14.8. The molecule has 0 spiro atoms. The number of pyridine rings is 1. The summed E-state index contributed by atoms with van der Waals surface area (Å²) in [7, 11) is 0. The highest BCUT2D eigenvalue weighted by atomic mass is 14.9. The number of benzene rings is 10. The molecule has 3 heteroatoms. The molecule has 0 atom stereocenters. The monoisotopic (exact) mass is 787 g/mol. The van der Waals surface area contributed by atoms with Crippen molar-refractivity contribution < 1.29 is 0 Å². The molecular formula is C59H37N3. The summed E-state index contributed by atoms with van der Waals surface area (Å²) in [5.74, 6) is 0.708. The van der Waals surface area contributed by atoms with Crippen LogP contribution in [0.2, 0.25) is 0 Å². The summed E-state index contributed by atoms with van der Waals surface area (Å²) in [6, 6.07) is 80.0. The van der Waals surface area contributed by atoms with Crippen molar-refractivity contribution in [2.45, 2.75) is 0 Å². The molecule has 0 saturated heterocycles. The lowest BCUT2D eigenvalue weighted by Gasteiger charge is -2.17. The van der Waals surface area contributed by atoms with Gasteiger partial charge >= 0.3 is 0 Å². The van der Waals surface area contributed by atoms with Gasteiger partial charge in [-0.1, -0.05) is 188 Å². The fourth-order valence-corrected chi connectivity index (χ4v) is 9.19. The minimum absolute atomic E-state index is 0.708. The van der Waals surface area contributed by atoms with Crippen molar-refractivity contribution in [1.29, 1.82) is 0 Å². The molecule has 0 saturated carbocycles. The third kappa shape index (κ3) is 6.18. The molecular weight excluding hydrogens is 751 g/mol. The molecule has 0 bridgehead atoms. The van der Waals surface area contributed by atoms with Crippen molar-refractivity contribution in [3.05, 3.63) is 224 Å². The average Bonchev–Trinajstić information content (AvgIpc) is 3.35. The van der Waals surface area contributed by atoms with Crippen LogP contribution in [0.4, 0.5) is 0 Å². The maximum absolute atomic E-state index is 5.38. The van der Waals surface area contributed by atoms with Crippen molar-refractivity contribution in [1.82, 2.24) is 15.0 Å². The van der Waals surface area contributed by atoms with Crippen LogP contribution < -0.4 is 0 Å². The van der Waals surface area contributed by atoms with E-state index in [1.165, 1.54) is 38.1 Å². The van der Waals surface area contributed by atoms with E-state index in [-0.39, 0.29) is 0 Å². The number of rotatable bonds is 6. The summed E-state index contributed by atoms with van der Waals surface area (Å²) in [6.45, 7) is 0. The Morgan fingerprint density at radius 3 is 1.55 bits per heavy atom. The van der Waals surface area contributed by atoms with Crippen molar-refractivity contribution in [2.75, 3.05) is 0 Å². The quantitative estimate of drug-likeness (QED) is 0.158. The smallest absolute Gasteiger partial charge is 0.160 e. The van der Waals surface area contributed by atoms with Gasteiger partial charge in [-0.3, -0.25) is 0 Å². The zero-order chi connectivity index (χ0) is 41.0. The van der Waals surface area contributed by atoms with Crippen LogP contribution in [0.15, 0.2) is 224 Å². The van der Waals surface area contributed by atoms with Gasteiger partial charge in [0.25, 0.3) is 0 Å². The molecule has 3 nitrogen and oxygen atoms in total. The highest BCUT2D eigenvalue weighted by molar-refractivity contribution is 6.25. The minimum Gasteiger partial charge on any atom is -0.247 e. The maximum atomic E-state index is 5.38. The van der Waals surface area contributed by atoms with Crippen LogP contribution in [-0.2, 0) is 0 Å². The fourth-order valence-electron chi connectivity index (χ4n) is 9.19. The Balaban J connectivity index is 0.991. The van der Waals surface area contributed by atoms with Crippen molar-refractivity contribution >= 4 is 54.1 Å². The Hall–Kier alpha value is -8.27. The van der Waals surface area contributed by atoms with Gasteiger partial charge in [-0.2, -0.15) is 0 Å². The molecule has 0 aliphatic heterocycles. The van der Waals surface area contributed by atoms with Gasteiger partial charge in [-0.15, -0.1) is 0 Å². The molecule has 12 rings (SSSR count). The lowest BCUT2D eigenvalue weighted by atomic mass is 9.88. The average molecular weight is 788 g/mol. The van der Waals surface area contributed by atoms with Crippen LogP contribution in [0, 0.1) is 0 Å². The molecule has 2 aromatic heterocycles. The largest absolute Gasteiger partial charge is 0.247 e. The predicted molar refractivity (Wildman–Crippen MR) is 260 cm³/mol. The van der Waals surface area contributed by atoms with Crippen molar-refractivity contribution in [3.8, 4) is 67.3 Å². The molecule has 0 aliphatic carbocycles. The molecule has 0 unspecified atom stereocenters. The summed E-state index contributed by atoms with van der Waals surface area (Å²) in [5, 5.41) is 9.40. The zero-order valence-electron chi connectivity index (χ0n) is 33.7. The Kier molecular flexibility index (Phi) is 8.50. The van der Waals surface area contributed by atoms with Gasteiger partial charge in [0.2, 0.25) is 0 Å². The molecule has 62 heavy (non-hydrogen) atoms. The Labute approximate surface area is 359 Å². The topological polar surface area (TPSA) is 38.7 Å². The van der Waals surface area contributed by atoms with Crippen molar-refractivity contribution in [3.63, 3.8) is 0 Å². The molecule has 288 valence electrons. The van der Waals surface area contributed by atoms with E-state index in [0.717, 1.165) is 77.5 Å². The maximum Gasteiger partial charge on any atom is 0.160 e. The van der Waals surface area contributed by atoms with E-state index in [1.54, 1.807) is 0 Å². The van der Waals surface area contributed by atoms with E-state index in [1.807, 2.05) is 12.1 Å². The molecule has 0 amide bonds. The van der Waals surface area contributed by atoms with Gasteiger partial charge in [0.15, 0.2) is 5.82 Å². The van der Waals surface area contributed by atoms with Crippen LogP contribution in [0.5, 0.6) is 0 Å². The SMILES string of the molecule is c1ccc(-c2ccc(-c3nc(-c4cccc(-c5cccc(-c6cc7c(-c8ccc9ccccc9c8)nc8ccccc8c7c7ccccc67)c5)c4)c4ccccc4n3)cc2)cc1. The van der Waals surface area contributed by atoms with Crippen LogP contribution in [-0.4, -0.2) is 15.0 Å². The minimum atomic E-state index is 0.708. The van der Waals surface area contributed by atoms with Gasteiger partial charge in [0, 0.05) is 38.2 Å². The first-order chi connectivity index (χ1) is 30.7. The molecule has 0 fully saturated rings. The van der Waals surface area contributed by atoms with Crippen LogP contribution in [0.3, 0.4) is 0 Å². The zero-order valence-corrected chi connectivity index (χ0v) is 33.7. The molecule has 0 aliphatic rings. The first kappa shape index (κ1) is 35.7. The van der Waals surface area contributed by atoms with Gasteiger partial charge in [0.1, 0.15) is 0 Å². The van der Waals surface area contributed by atoms with Gasteiger partial charge in [0.05, 0.1) is 22.4 Å². The first-order valence-electron chi connectivity index (χ1n) is 21.1. The van der Waals surface area contributed by atoms with Gasteiger partial charge in [-0.05, 0) is 91.3 Å². The fraction of sp³-hybridized carbons (Fsp3) is 0. The summed E-state index contributed by atoms with van der Waals surface area (Å²) in [4.78, 5) is 15.7. The summed E-state index contributed by atoms with van der Waals surface area (Å²) < 4.78 is 0. The van der Waals surface area contributed by atoms with E-state index in [9.17, 15) is 0 Å². The van der Waals surface area contributed by atoms with Crippen molar-refractivity contribution in [2.24, 2.45) is 0 Å². The number of hydrogen-bond donors (Lipinski definition) is 0. The van der Waals surface area contributed by atoms with E-state index in [2.05, 4.69) is 212 Å². The highest BCUT2D eigenvalue weighted by Gasteiger charge is 2.18. The summed E-state index contributed by atoms with van der Waals surface area (Å²) in [5.41, 5.74) is 13.9. The highest BCUT2D eigenvalue weighted by Crippen LogP contribution is 2.43. The normalized spacial score (nSPS) is 11.5. The lowest BCUT2D eigenvalue weighted by molar-refractivity contribution is 1.23. The molecule has 2 heterocycles. The number of nitrogens with zero attached hydrogens (tertiary/aromatic N) is 3. The van der Waals surface area contributed by atoms with E-state index < -0.39 is 0 Å². The molecule has 12 aromatic rings. The summed E-state index contributed by atoms with van der Waals surface area (Å²) >= 11 is 0. The van der Waals surface area contributed by atoms with Crippen LogP contribution >= 0.6 is 0 Å². The second-order valence-corrected chi connectivity index (χ2v) is 15.9. The van der Waals surface area contributed by atoms with Gasteiger partial charge < -0.3 is 0 Å². The third-order valence-electron chi connectivity index (χ3n) is 12.2. The predicted octanol–water partition coefficient (Wildman–Crippen LogP) is 15.6. The second-order valence-electron chi connectivity index (χ2n) is 15.9. The third-order valence-corrected chi connectivity index (χ3v) is 12.2. The van der Waals surface area contributed by atoms with Crippen LogP contribution in [0.1, 0.15) is 0 Å². The van der Waals surface area contributed by atoms with Gasteiger partial charge in [-0.25, -0.2) is 15.0 Å². The molecule has 0 N–H and O–H groups in total.